The van der Waals surface area contributed by atoms with Crippen LogP contribution in [0.1, 0.15) is 33.6 Å². The Balaban J connectivity index is 2.62. The third kappa shape index (κ3) is 3.40. The van der Waals surface area contributed by atoms with Crippen LogP contribution in [0, 0.1) is 6.08 Å². The molecule has 1 atom stereocenters. The van der Waals surface area contributed by atoms with E-state index in [1.54, 1.807) is 5.94 Å². The first-order valence-electron chi connectivity index (χ1n) is 5.06. The maximum absolute atomic E-state index is 11.7. The van der Waals surface area contributed by atoms with E-state index in [0.717, 1.165) is 12.8 Å². The fourth-order valence-electron chi connectivity index (χ4n) is 1.52. The van der Waals surface area contributed by atoms with Gasteiger partial charge in [-0.25, -0.2) is 9.59 Å². The molecule has 0 saturated carbocycles. The summed E-state index contributed by atoms with van der Waals surface area (Å²) in [6.45, 7) is 6.06. The standard InChI is InChI=1S/C11H16NO3/c1-11(2,3)15-10(14)12-7-4-5-9(12)6-8-13/h9H,4-5,7H2,1-3H3. The second-order valence-corrected chi connectivity index (χ2v) is 4.58. The number of hydrogen-bond donors (Lipinski definition) is 0. The zero-order chi connectivity index (χ0) is 11.5. The smallest absolute Gasteiger partial charge is 0.410 e. The topological polar surface area (TPSA) is 46.6 Å². The molecule has 0 N–H and O–H groups in total. The van der Waals surface area contributed by atoms with Gasteiger partial charge in [-0.3, -0.25) is 0 Å². The molecule has 0 aromatic heterocycles. The van der Waals surface area contributed by atoms with E-state index in [-0.39, 0.29) is 12.1 Å². The Hall–Kier alpha value is -1.28. The molecule has 1 heterocycles. The van der Waals surface area contributed by atoms with Gasteiger partial charge in [-0.1, -0.05) is 0 Å². The summed E-state index contributed by atoms with van der Waals surface area (Å²) < 4.78 is 5.22. The Morgan fingerprint density at radius 2 is 2.13 bits per heavy atom. The summed E-state index contributed by atoms with van der Waals surface area (Å²) in [7, 11) is 0. The molecule has 1 aliphatic heterocycles. The lowest BCUT2D eigenvalue weighted by molar-refractivity contribution is 0.0252. The van der Waals surface area contributed by atoms with E-state index >= 15 is 0 Å². The first kappa shape index (κ1) is 11.8. The van der Waals surface area contributed by atoms with Crippen molar-refractivity contribution in [2.45, 2.75) is 45.3 Å². The molecule has 1 amide bonds. The molecule has 1 aliphatic rings. The van der Waals surface area contributed by atoms with Gasteiger partial charge in [-0.2, -0.15) is 0 Å². The molecular formula is C11H16NO3. The Morgan fingerprint density at radius 1 is 1.47 bits per heavy atom. The van der Waals surface area contributed by atoms with Crippen molar-refractivity contribution < 1.29 is 14.3 Å². The zero-order valence-corrected chi connectivity index (χ0v) is 9.37. The highest BCUT2D eigenvalue weighted by molar-refractivity contribution is 5.69. The maximum atomic E-state index is 11.7. The molecule has 1 saturated heterocycles. The lowest BCUT2D eigenvalue weighted by atomic mass is 10.2. The highest BCUT2D eigenvalue weighted by atomic mass is 16.6. The molecule has 0 aromatic carbocycles. The van der Waals surface area contributed by atoms with Crippen LogP contribution in [0.5, 0.6) is 0 Å². The van der Waals surface area contributed by atoms with Crippen LogP contribution < -0.4 is 0 Å². The number of nitrogens with zero attached hydrogens (tertiary/aromatic N) is 1. The third-order valence-electron chi connectivity index (χ3n) is 2.11. The van der Waals surface area contributed by atoms with Crippen molar-refractivity contribution in [3.8, 4) is 0 Å². The van der Waals surface area contributed by atoms with Crippen molar-refractivity contribution in [1.29, 1.82) is 0 Å². The highest BCUT2D eigenvalue weighted by Crippen LogP contribution is 2.20. The van der Waals surface area contributed by atoms with Crippen molar-refractivity contribution in [1.82, 2.24) is 4.90 Å². The maximum Gasteiger partial charge on any atom is 0.410 e. The minimum atomic E-state index is -0.505. The van der Waals surface area contributed by atoms with Crippen LogP contribution in [0.4, 0.5) is 4.79 Å². The number of ether oxygens (including phenoxy) is 1. The van der Waals surface area contributed by atoms with Crippen LogP contribution in [0.2, 0.25) is 0 Å². The molecule has 4 nitrogen and oxygen atoms in total. The quantitative estimate of drug-likeness (QED) is 0.617. The van der Waals surface area contributed by atoms with E-state index in [4.69, 9.17) is 4.74 Å². The zero-order valence-electron chi connectivity index (χ0n) is 9.37. The van der Waals surface area contributed by atoms with Crippen molar-refractivity contribution >= 4 is 12.0 Å². The second-order valence-electron chi connectivity index (χ2n) is 4.58. The summed E-state index contributed by atoms with van der Waals surface area (Å²) >= 11 is 0. The van der Waals surface area contributed by atoms with E-state index in [1.165, 1.54) is 4.90 Å². The van der Waals surface area contributed by atoms with Gasteiger partial charge in [-0.05, 0) is 33.6 Å². The van der Waals surface area contributed by atoms with Gasteiger partial charge in [0.05, 0.1) is 12.1 Å². The normalized spacial score (nSPS) is 21.0. The van der Waals surface area contributed by atoms with Crippen LogP contribution in [0.25, 0.3) is 0 Å². The van der Waals surface area contributed by atoms with Crippen molar-refractivity contribution in [3.05, 3.63) is 6.08 Å². The Bertz CT molecular complexity index is 287. The second kappa shape index (κ2) is 4.49. The minimum Gasteiger partial charge on any atom is -0.444 e. The van der Waals surface area contributed by atoms with E-state index < -0.39 is 5.60 Å². The molecule has 0 bridgehead atoms. The third-order valence-corrected chi connectivity index (χ3v) is 2.11. The average molecular weight is 210 g/mol. The summed E-state index contributed by atoms with van der Waals surface area (Å²) in [4.78, 5) is 23.4. The highest BCUT2D eigenvalue weighted by Gasteiger charge is 2.31. The first-order valence-corrected chi connectivity index (χ1v) is 5.06. The fraction of sp³-hybridized carbons (Fsp3) is 0.727. The first-order chi connectivity index (χ1) is 6.94. The molecule has 0 spiro atoms. The molecule has 0 aromatic rings. The molecule has 1 unspecified atom stereocenters. The number of rotatable bonds is 1. The number of amides is 1. The van der Waals surface area contributed by atoms with Gasteiger partial charge in [0.25, 0.3) is 0 Å². The lowest BCUT2D eigenvalue weighted by Gasteiger charge is -2.26. The largest absolute Gasteiger partial charge is 0.444 e. The van der Waals surface area contributed by atoms with Gasteiger partial charge >= 0.3 is 6.09 Å². The van der Waals surface area contributed by atoms with Gasteiger partial charge in [0.2, 0.25) is 0 Å². The van der Waals surface area contributed by atoms with Gasteiger partial charge < -0.3 is 9.64 Å². The van der Waals surface area contributed by atoms with Gasteiger partial charge in [0, 0.05) is 6.54 Å². The van der Waals surface area contributed by atoms with Crippen LogP contribution in [0.15, 0.2) is 0 Å². The molecule has 1 fully saturated rings. The van der Waals surface area contributed by atoms with Gasteiger partial charge in [0.1, 0.15) is 11.5 Å². The summed E-state index contributed by atoms with van der Waals surface area (Å²) in [6, 6.07) is -0.266. The van der Waals surface area contributed by atoms with Crippen LogP contribution in [-0.2, 0) is 9.53 Å². The van der Waals surface area contributed by atoms with E-state index in [2.05, 4.69) is 6.08 Å². The molecule has 4 heteroatoms. The SMILES string of the molecule is CC(C)(C)OC(=O)N1CCCC1[C]=C=O. The molecule has 15 heavy (non-hydrogen) atoms. The number of carbonyl (C=O) groups is 1. The van der Waals surface area contributed by atoms with Gasteiger partial charge in [-0.15, -0.1) is 0 Å². The van der Waals surface area contributed by atoms with Crippen molar-refractivity contribution in [2.24, 2.45) is 0 Å². The Morgan fingerprint density at radius 3 is 2.67 bits per heavy atom. The van der Waals surface area contributed by atoms with Crippen LogP contribution in [-0.4, -0.2) is 35.1 Å². The summed E-state index contributed by atoms with van der Waals surface area (Å²) in [5.41, 5.74) is -0.505. The predicted molar refractivity (Wildman–Crippen MR) is 54.9 cm³/mol. The van der Waals surface area contributed by atoms with E-state index in [0.29, 0.717) is 6.54 Å². The molecule has 1 radical (unpaired) electrons. The number of likely N-dealkylation sites (tertiary alicyclic amines) is 1. The van der Waals surface area contributed by atoms with Crippen LogP contribution in [0.3, 0.4) is 0 Å². The monoisotopic (exact) mass is 210 g/mol. The summed E-state index contributed by atoms with van der Waals surface area (Å²) in [5.74, 6) is 1.61. The number of hydrogen-bond acceptors (Lipinski definition) is 3. The Kier molecular flexibility index (Phi) is 3.53. The van der Waals surface area contributed by atoms with Crippen LogP contribution >= 0.6 is 0 Å². The lowest BCUT2D eigenvalue weighted by Crippen LogP contribution is -2.39. The Labute approximate surface area is 89.9 Å². The minimum absolute atomic E-state index is 0.266. The predicted octanol–water partition coefficient (Wildman–Crippen LogP) is 1.58. The molecular weight excluding hydrogens is 194 g/mol. The van der Waals surface area contributed by atoms with Crippen molar-refractivity contribution in [2.75, 3.05) is 6.54 Å². The van der Waals surface area contributed by atoms with E-state index in [1.807, 2.05) is 20.8 Å². The fourth-order valence-corrected chi connectivity index (χ4v) is 1.52. The molecule has 0 aliphatic carbocycles. The van der Waals surface area contributed by atoms with Crippen molar-refractivity contribution in [3.63, 3.8) is 0 Å². The summed E-state index contributed by atoms with van der Waals surface area (Å²) in [5, 5.41) is 0. The number of carbonyl (C=O) groups excluding carboxylic acids is 2. The van der Waals surface area contributed by atoms with Gasteiger partial charge in [0.15, 0.2) is 0 Å². The average Bonchev–Trinajstić information content (AvgIpc) is 2.49. The molecule has 1 rings (SSSR count). The van der Waals surface area contributed by atoms with E-state index in [9.17, 15) is 9.59 Å². The molecule has 83 valence electrons. The summed E-state index contributed by atoms with van der Waals surface area (Å²) in [6.07, 6.45) is 3.73.